The Labute approximate surface area is 190 Å². The van der Waals surface area contributed by atoms with E-state index in [-0.39, 0.29) is 0 Å². The minimum Gasteiger partial charge on any atom is -0.493 e. The van der Waals surface area contributed by atoms with Gasteiger partial charge < -0.3 is 29.3 Å². The van der Waals surface area contributed by atoms with Crippen LogP contribution in [-0.2, 0) is 4.74 Å². The van der Waals surface area contributed by atoms with Crippen LogP contribution in [0.2, 0.25) is 0 Å². The molecule has 1 N–H and O–H groups in total. The van der Waals surface area contributed by atoms with Gasteiger partial charge in [-0.25, -0.2) is 4.98 Å². The molecule has 0 saturated carbocycles. The van der Waals surface area contributed by atoms with Crippen molar-refractivity contribution < 1.29 is 14.2 Å². The summed E-state index contributed by atoms with van der Waals surface area (Å²) in [5.74, 6) is 2.92. The molecule has 2 aliphatic rings. The number of benzene rings is 1. The fourth-order valence-electron chi connectivity index (χ4n) is 4.34. The van der Waals surface area contributed by atoms with Gasteiger partial charge in [-0.15, -0.1) is 0 Å². The first-order chi connectivity index (χ1) is 15.7. The van der Waals surface area contributed by atoms with E-state index < -0.39 is 0 Å². The van der Waals surface area contributed by atoms with Gasteiger partial charge in [0.2, 0.25) is 5.95 Å². The topological polar surface area (TPSA) is 72.0 Å². The van der Waals surface area contributed by atoms with E-state index in [1.807, 2.05) is 24.3 Å². The minimum absolute atomic E-state index is 0.438. The van der Waals surface area contributed by atoms with Crippen LogP contribution >= 0.6 is 0 Å². The molecular formula is C24H35N5O3. The zero-order valence-corrected chi connectivity index (χ0v) is 19.3. The van der Waals surface area contributed by atoms with Gasteiger partial charge in [0, 0.05) is 50.8 Å². The van der Waals surface area contributed by atoms with Crippen molar-refractivity contribution in [2.75, 3.05) is 63.8 Å². The predicted molar refractivity (Wildman–Crippen MR) is 126 cm³/mol. The monoisotopic (exact) mass is 441 g/mol. The molecule has 2 aliphatic heterocycles. The molecule has 8 heteroatoms. The summed E-state index contributed by atoms with van der Waals surface area (Å²) in [6.07, 6.45) is 7.46. The molecule has 0 spiro atoms. The van der Waals surface area contributed by atoms with Crippen molar-refractivity contribution in [1.29, 1.82) is 0 Å². The van der Waals surface area contributed by atoms with E-state index in [0.29, 0.717) is 18.6 Å². The summed E-state index contributed by atoms with van der Waals surface area (Å²) in [6.45, 7) is 5.78. The maximum absolute atomic E-state index is 6.05. The van der Waals surface area contributed by atoms with Gasteiger partial charge in [-0.2, -0.15) is 4.98 Å². The maximum atomic E-state index is 6.05. The number of likely N-dealkylation sites (tertiary alicyclic amines) is 1. The largest absolute Gasteiger partial charge is 0.493 e. The molecule has 0 atom stereocenters. The van der Waals surface area contributed by atoms with Crippen LogP contribution in [0.4, 0.5) is 17.5 Å². The standard InChI is InChI=1S/C24H35N5O3/c1-28(20-9-16-31-17-10-20)23-8-11-25-24(27-23)26-19-6-7-21(30-2)22(18-19)32-15-5-14-29-12-3-4-13-29/h6-8,11,18,20H,3-5,9-10,12-17H2,1-2H3,(H,25,26,27). The number of methoxy groups -OCH3 is 1. The first-order valence-electron chi connectivity index (χ1n) is 11.7. The van der Waals surface area contributed by atoms with Gasteiger partial charge in [-0.05, 0) is 63.4 Å². The third kappa shape index (κ3) is 6.01. The van der Waals surface area contributed by atoms with Crippen LogP contribution in [0.1, 0.15) is 32.1 Å². The lowest BCUT2D eigenvalue weighted by Crippen LogP contribution is -2.37. The first-order valence-corrected chi connectivity index (χ1v) is 11.7. The normalized spacial score (nSPS) is 17.3. The van der Waals surface area contributed by atoms with E-state index in [1.165, 1.54) is 25.9 Å². The van der Waals surface area contributed by atoms with Crippen LogP contribution in [0.25, 0.3) is 0 Å². The Hall–Kier alpha value is -2.58. The van der Waals surface area contributed by atoms with Gasteiger partial charge in [0.15, 0.2) is 11.5 Å². The quantitative estimate of drug-likeness (QED) is 0.560. The Kier molecular flexibility index (Phi) is 8.01. The molecule has 0 amide bonds. The van der Waals surface area contributed by atoms with E-state index >= 15 is 0 Å². The molecule has 32 heavy (non-hydrogen) atoms. The summed E-state index contributed by atoms with van der Waals surface area (Å²) in [7, 11) is 3.75. The molecule has 1 aromatic heterocycles. The van der Waals surface area contributed by atoms with Crippen LogP contribution in [0.5, 0.6) is 11.5 Å². The Balaban J connectivity index is 1.37. The Morgan fingerprint density at radius 1 is 1.16 bits per heavy atom. The van der Waals surface area contributed by atoms with Gasteiger partial charge in [0.05, 0.1) is 13.7 Å². The number of nitrogens with zero attached hydrogens (tertiary/aromatic N) is 4. The molecule has 0 radical (unpaired) electrons. The van der Waals surface area contributed by atoms with Gasteiger partial charge in [-0.1, -0.05) is 0 Å². The average Bonchev–Trinajstić information content (AvgIpc) is 3.36. The molecule has 3 heterocycles. The summed E-state index contributed by atoms with van der Waals surface area (Å²) < 4.78 is 17.0. The summed E-state index contributed by atoms with van der Waals surface area (Å²) in [6, 6.07) is 8.20. The van der Waals surface area contributed by atoms with Crippen molar-refractivity contribution in [3.05, 3.63) is 30.5 Å². The van der Waals surface area contributed by atoms with Gasteiger partial charge in [0.1, 0.15) is 5.82 Å². The van der Waals surface area contributed by atoms with Crippen molar-refractivity contribution in [3.8, 4) is 11.5 Å². The second-order valence-electron chi connectivity index (χ2n) is 8.43. The zero-order chi connectivity index (χ0) is 22.2. The molecule has 174 valence electrons. The second kappa shape index (κ2) is 11.3. The van der Waals surface area contributed by atoms with Crippen molar-refractivity contribution in [3.63, 3.8) is 0 Å². The molecule has 2 fully saturated rings. The third-order valence-corrected chi connectivity index (χ3v) is 6.24. The SMILES string of the molecule is COc1ccc(Nc2nccc(N(C)C3CCOCC3)n2)cc1OCCCN1CCCC1. The highest BCUT2D eigenvalue weighted by molar-refractivity contribution is 5.60. The lowest BCUT2D eigenvalue weighted by atomic mass is 10.1. The number of anilines is 3. The van der Waals surface area contributed by atoms with Crippen molar-refractivity contribution in [2.24, 2.45) is 0 Å². The van der Waals surface area contributed by atoms with Gasteiger partial charge in [-0.3, -0.25) is 0 Å². The highest BCUT2D eigenvalue weighted by Gasteiger charge is 2.20. The highest BCUT2D eigenvalue weighted by Crippen LogP contribution is 2.31. The molecule has 1 aromatic carbocycles. The number of rotatable bonds is 10. The summed E-state index contributed by atoms with van der Waals surface area (Å²) in [5.41, 5.74) is 0.867. The predicted octanol–water partition coefficient (Wildman–Crippen LogP) is 3.71. The fraction of sp³-hybridized carbons (Fsp3) is 0.583. The van der Waals surface area contributed by atoms with Crippen molar-refractivity contribution >= 4 is 17.5 Å². The van der Waals surface area contributed by atoms with Crippen molar-refractivity contribution in [2.45, 2.75) is 38.1 Å². The number of aromatic nitrogens is 2. The first kappa shape index (κ1) is 22.6. The van der Waals surface area contributed by atoms with Crippen LogP contribution in [0, 0.1) is 0 Å². The van der Waals surface area contributed by atoms with Crippen LogP contribution in [-0.4, -0.2) is 74.5 Å². The zero-order valence-electron chi connectivity index (χ0n) is 19.3. The lowest BCUT2D eigenvalue weighted by Gasteiger charge is -2.32. The van der Waals surface area contributed by atoms with Gasteiger partial charge >= 0.3 is 0 Å². The number of nitrogens with one attached hydrogen (secondary N) is 1. The van der Waals surface area contributed by atoms with Gasteiger partial charge in [0.25, 0.3) is 0 Å². The molecule has 8 nitrogen and oxygen atoms in total. The summed E-state index contributed by atoms with van der Waals surface area (Å²) in [4.78, 5) is 13.8. The molecule has 2 aromatic rings. The lowest BCUT2D eigenvalue weighted by molar-refractivity contribution is 0.0853. The number of ether oxygens (including phenoxy) is 3. The Morgan fingerprint density at radius 2 is 1.97 bits per heavy atom. The molecule has 0 unspecified atom stereocenters. The summed E-state index contributed by atoms with van der Waals surface area (Å²) >= 11 is 0. The molecule has 0 bridgehead atoms. The van der Waals surface area contributed by atoms with E-state index in [2.05, 4.69) is 27.1 Å². The number of hydrogen-bond acceptors (Lipinski definition) is 8. The second-order valence-corrected chi connectivity index (χ2v) is 8.43. The van der Waals surface area contributed by atoms with Crippen LogP contribution in [0.3, 0.4) is 0 Å². The summed E-state index contributed by atoms with van der Waals surface area (Å²) in [5, 5.41) is 3.31. The van der Waals surface area contributed by atoms with E-state index in [0.717, 1.165) is 62.0 Å². The molecular weight excluding hydrogens is 406 g/mol. The average molecular weight is 442 g/mol. The molecule has 4 rings (SSSR count). The molecule has 2 saturated heterocycles. The fourth-order valence-corrected chi connectivity index (χ4v) is 4.34. The third-order valence-electron chi connectivity index (χ3n) is 6.24. The Morgan fingerprint density at radius 3 is 2.75 bits per heavy atom. The van der Waals surface area contributed by atoms with Crippen LogP contribution in [0.15, 0.2) is 30.5 Å². The van der Waals surface area contributed by atoms with Crippen molar-refractivity contribution in [1.82, 2.24) is 14.9 Å². The maximum Gasteiger partial charge on any atom is 0.229 e. The molecule has 0 aliphatic carbocycles. The highest BCUT2D eigenvalue weighted by atomic mass is 16.5. The van der Waals surface area contributed by atoms with E-state index in [9.17, 15) is 0 Å². The van der Waals surface area contributed by atoms with Crippen LogP contribution < -0.4 is 19.7 Å². The Bertz CT molecular complexity index is 853. The number of hydrogen-bond donors (Lipinski definition) is 1. The van der Waals surface area contributed by atoms with E-state index in [4.69, 9.17) is 19.2 Å². The minimum atomic E-state index is 0.438. The van der Waals surface area contributed by atoms with E-state index in [1.54, 1.807) is 13.3 Å². The smallest absolute Gasteiger partial charge is 0.229 e.